The maximum absolute atomic E-state index is 11.8. The van der Waals surface area contributed by atoms with E-state index in [2.05, 4.69) is 0 Å². The molecule has 1 amide bonds. The molecule has 0 saturated heterocycles. The standard InChI is InChI=1S/C15H27NO3/c1-15(2,3)19-14(18)13(17)16(4)11-10-12-8-6-5-7-9-12/h12H,5-11H2,1-4H3. The van der Waals surface area contributed by atoms with E-state index in [4.69, 9.17) is 4.74 Å². The van der Waals surface area contributed by atoms with E-state index in [0.29, 0.717) is 12.5 Å². The van der Waals surface area contributed by atoms with E-state index in [1.165, 1.54) is 37.0 Å². The van der Waals surface area contributed by atoms with Crippen molar-refractivity contribution in [3.63, 3.8) is 0 Å². The van der Waals surface area contributed by atoms with E-state index < -0.39 is 17.5 Å². The Labute approximate surface area is 116 Å². The molecule has 0 aromatic carbocycles. The molecular formula is C15H27NO3. The van der Waals surface area contributed by atoms with Crippen molar-refractivity contribution in [3.05, 3.63) is 0 Å². The van der Waals surface area contributed by atoms with Crippen molar-refractivity contribution in [2.75, 3.05) is 13.6 Å². The number of rotatable bonds is 3. The van der Waals surface area contributed by atoms with Gasteiger partial charge in [0.1, 0.15) is 5.60 Å². The van der Waals surface area contributed by atoms with E-state index in [0.717, 1.165) is 6.42 Å². The first-order valence-electron chi connectivity index (χ1n) is 7.28. The molecule has 0 N–H and O–H groups in total. The van der Waals surface area contributed by atoms with Crippen LogP contribution in [0.1, 0.15) is 59.3 Å². The first kappa shape index (κ1) is 16.0. The van der Waals surface area contributed by atoms with E-state index in [-0.39, 0.29) is 0 Å². The topological polar surface area (TPSA) is 46.6 Å². The van der Waals surface area contributed by atoms with Gasteiger partial charge in [0.2, 0.25) is 0 Å². The average Bonchev–Trinajstić information content (AvgIpc) is 2.34. The molecule has 4 heteroatoms. The van der Waals surface area contributed by atoms with Crippen LogP contribution in [0.4, 0.5) is 0 Å². The van der Waals surface area contributed by atoms with E-state index in [1.54, 1.807) is 27.8 Å². The quantitative estimate of drug-likeness (QED) is 0.584. The number of hydrogen-bond acceptors (Lipinski definition) is 3. The maximum atomic E-state index is 11.8. The third-order valence-electron chi connectivity index (χ3n) is 3.52. The summed E-state index contributed by atoms with van der Waals surface area (Å²) in [4.78, 5) is 25.0. The van der Waals surface area contributed by atoms with Crippen LogP contribution in [0.2, 0.25) is 0 Å². The maximum Gasteiger partial charge on any atom is 0.397 e. The molecule has 1 rings (SSSR count). The fraction of sp³-hybridized carbons (Fsp3) is 0.867. The average molecular weight is 269 g/mol. The van der Waals surface area contributed by atoms with E-state index in [9.17, 15) is 9.59 Å². The number of carbonyl (C=O) groups excluding carboxylic acids is 2. The van der Waals surface area contributed by atoms with Gasteiger partial charge in [-0.2, -0.15) is 0 Å². The zero-order valence-corrected chi connectivity index (χ0v) is 12.7. The van der Waals surface area contributed by atoms with Gasteiger partial charge in [-0.15, -0.1) is 0 Å². The molecule has 0 aliphatic heterocycles. The molecule has 1 aliphatic carbocycles. The molecule has 1 saturated carbocycles. The van der Waals surface area contributed by atoms with Crippen molar-refractivity contribution < 1.29 is 14.3 Å². The fourth-order valence-corrected chi connectivity index (χ4v) is 2.43. The summed E-state index contributed by atoms with van der Waals surface area (Å²) in [5, 5.41) is 0. The molecule has 0 bridgehead atoms. The van der Waals surface area contributed by atoms with Gasteiger partial charge in [0.25, 0.3) is 0 Å². The molecule has 0 unspecified atom stereocenters. The second-order valence-electron chi connectivity index (χ2n) is 6.52. The monoisotopic (exact) mass is 269 g/mol. The number of amides is 1. The summed E-state index contributed by atoms with van der Waals surface area (Å²) < 4.78 is 5.08. The molecule has 0 radical (unpaired) electrons. The van der Waals surface area contributed by atoms with Crippen LogP contribution in [0.5, 0.6) is 0 Å². The van der Waals surface area contributed by atoms with Crippen LogP contribution >= 0.6 is 0 Å². The molecule has 4 nitrogen and oxygen atoms in total. The first-order valence-corrected chi connectivity index (χ1v) is 7.28. The van der Waals surface area contributed by atoms with Gasteiger partial charge in [-0.25, -0.2) is 4.79 Å². The predicted molar refractivity (Wildman–Crippen MR) is 74.7 cm³/mol. The van der Waals surface area contributed by atoms with Gasteiger partial charge in [-0.1, -0.05) is 32.1 Å². The number of hydrogen-bond donors (Lipinski definition) is 0. The Bertz CT molecular complexity index is 314. The molecule has 1 aliphatic rings. The van der Waals surface area contributed by atoms with Crippen LogP contribution in [0.3, 0.4) is 0 Å². The van der Waals surface area contributed by atoms with Gasteiger partial charge in [0.15, 0.2) is 0 Å². The Hall–Kier alpha value is -1.06. The number of carbonyl (C=O) groups is 2. The van der Waals surface area contributed by atoms with Gasteiger partial charge in [-0.3, -0.25) is 4.79 Å². The molecule has 0 heterocycles. The van der Waals surface area contributed by atoms with Gasteiger partial charge in [0.05, 0.1) is 0 Å². The minimum Gasteiger partial charge on any atom is -0.453 e. The molecule has 110 valence electrons. The second-order valence-corrected chi connectivity index (χ2v) is 6.52. The lowest BCUT2D eigenvalue weighted by Crippen LogP contribution is -2.39. The lowest BCUT2D eigenvalue weighted by atomic mass is 9.87. The van der Waals surface area contributed by atoms with Crippen LogP contribution in [-0.2, 0) is 14.3 Å². The largest absolute Gasteiger partial charge is 0.453 e. The zero-order chi connectivity index (χ0) is 14.5. The van der Waals surface area contributed by atoms with Gasteiger partial charge >= 0.3 is 11.9 Å². The van der Waals surface area contributed by atoms with Crippen LogP contribution < -0.4 is 0 Å². The minimum atomic E-state index is -0.751. The zero-order valence-electron chi connectivity index (χ0n) is 12.7. The SMILES string of the molecule is CN(CCC1CCCCC1)C(=O)C(=O)OC(C)(C)C. The molecule has 19 heavy (non-hydrogen) atoms. The van der Waals surface area contributed by atoms with Crippen molar-refractivity contribution in [2.45, 2.75) is 64.9 Å². The summed E-state index contributed by atoms with van der Waals surface area (Å²) in [6, 6.07) is 0. The minimum absolute atomic E-state index is 0.536. The van der Waals surface area contributed by atoms with Crippen molar-refractivity contribution in [1.29, 1.82) is 0 Å². The fourth-order valence-electron chi connectivity index (χ4n) is 2.43. The Morgan fingerprint density at radius 2 is 1.74 bits per heavy atom. The number of esters is 1. The van der Waals surface area contributed by atoms with Crippen LogP contribution in [0.25, 0.3) is 0 Å². The van der Waals surface area contributed by atoms with E-state index in [1.807, 2.05) is 0 Å². The highest BCUT2D eigenvalue weighted by Gasteiger charge is 2.26. The summed E-state index contributed by atoms with van der Waals surface area (Å²) in [5.41, 5.74) is -0.614. The lowest BCUT2D eigenvalue weighted by molar-refractivity contribution is -0.167. The third kappa shape index (κ3) is 6.08. The van der Waals surface area contributed by atoms with Crippen molar-refractivity contribution >= 4 is 11.9 Å². The highest BCUT2D eigenvalue weighted by Crippen LogP contribution is 2.26. The molecule has 0 aromatic rings. The Balaban J connectivity index is 2.33. The van der Waals surface area contributed by atoms with Crippen LogP contribution in [0, 0.1) is 5.92 Å². The van der Waals surface area contributed by atoms with Gasteiger partial charge in [0, 0.05) is 13.6 Å². The summed E-state index contributed by atoms with van der Waals surface area (Å²) in [6.45, 7) is 5.93. The first-order chi connectivity index (χ1) is 8.79. The Morgan fingerprint density at radius 1 is 1.16 bits per heavy atom. The predicted octanol–water partition coefficient (Wildman–Crippen LogP) is 2.76. The number of ether oxygens (including phenoxy) is 1. The normalized spacial score (nSPS) is 17.1. The number of nitrogens with zero attached hydrogens (tertiary/aromatic N) is 1. The highest BCUT2D eigenvalue weighted by molar-refractivity contribution is 6.32. The molecule has 0 aromatic heterocycles. The third-order valence-corrected chi connectivity index (χ3v) is 3.52. The molecule has 0 atom stereocenters. The van der Waals surface area contributed by atoms with Crippen molar-refractivity contribution in [3.8, 4) is 0 Å². The Morgan fingerprint density at radius 3 is 2.26 bits per heavy atom. The summed E-state index contributed by atoms with van der Waals surface area (Å²) in [6.07, 6.45) is 7.44. The smallest absolute Gasteiger partial charge is 0.397 e. The second kappa shape index (κ2) is 6.92. The summed E-state index contributed by atoms with van der Waals surface area (Å²) >= 11 is 0. The molecule has 1 fully saturated rings. The summed E-state index contributed by atoms with van der Waals surface area (Å²) in [7, 11) is 1.68. The molecule has 0 spiro atoms. The lowest BCUT2D eigenvalue weighted by Gasteiger charge is -2.25. The van der Waals surface area contributed by atoms with Crippen LogP contribution in [-0.4, -0.2) is 36.0 Å². The highest BCUT2D eigenvalue weighted by atomic mass is 16.6. The van der Waals surface area contributed by atoms with Crippen molar-refractivity contribution in [1.82, 2.24) is 4.90 Å². The van der Waals surface area contributed by atoms with Crippen LogP contribution in [0.15, 0.2) is 0 Å². The number of likely N-dealkylation sites (N-methyl/N-ethyl adjacent to an activating group) is 1. The van der Waals surface area contributed by atoms with Crippen molar-refractivity contribution in [2.24, 2.45) is 5.92 Å². The van der Waals surface area contributed by atoms with Gasteiger partial charge in [-0.05, 0) is 33.1 Å². The van der Waals surface area contributed by atoms with E-state index >= 15 is 0 Å². The Kier molecular flexibility index (Phi) is 5.83. The summed E-state index contributed by atoms with van der Waals surface area (Å²) in [5.74, 6) is -0.577. The molecular weight excluding hydrogens is 242 g/mol. The van der Waals surface area contributed by atoms with Gasteiger partial charge < -0.3 is 9.64 Å².